The van der Waals surface area contributed by atoms with Gasteiger partial charge in [0.1, 0.15) is 17.3 Å². The largest absolute Gasteiger partial charge is 0.497 e. The lowest BCUT2D eigenvalue weighted by molar-refractivity contribution is -0.137. The van der Waals surface area contributed by atoms with E-state index in [1.165, 1.54) is 4.90 Å². The number of allylic oxidation sites excluding steroid dienone is 4. The highest BCUT2D eigenvalue weighted by molar-refractivity contribution is 6.21. The normalized spacial score (nSPS) is 20.9. The highest BCUT2D eigenvalue weighted by atomic mass is 16.5. The van der Waals surface area contributed by atoms with Crippen LogP contribution in [0.4, 0.5) is 5.69 Å². The number of imide groups is 1. The van der Waals surface area contributed by atoms with Gasteiger partial charge in [-0.05, 0) is 64.6 Å². The van der Waals surface area contributed by atoms with Crippen LogP contribution in [0.15, 0.2) is 82.0 Å². The second-order valence-corrected chi connectivity index (χ2v) is 10.4. The SMILES string of the molecule is C/C=C(/OC(C)C)C1=C(C)C(=O)N(CCC(=Nc2cc(OC)ccc2C=O)NC2=CCC3(C)C=CNC3=C2)C1=O. The number of amides is 2. The van der Waals surface area contributed by atoms with Gasteiger partial charge in [0.25, 0.3) is 11.8 Å². The van der Waals surface area contributed by atoms with Crippen molar-refractivity contribution in [1.29, 1.82) is 0 Å². The third kappa shape index (κ3) is 5.78. The summed E-state index contributed by atoms with van der Waals surface area (Å²) in [5.74, 6) is 0.675. The van der Waals surface area contributed by atoms with Gasteiger partial charge in [0.05, 0.1) is 24.5 Å². The Bertz CT molecular complexity index is 1410. The Labute approximate surface area is 235 Å². The number of fused-ring (bicyclic) bond motifs is 1. The molecular formula is C31H36N4O5. The first-order chi connectivity index (χ1) is 19.1. The lowest BCUT2D eigenvalue weighted by atomic mass is 9.81. The maximum atomic E-state index is 13.4. The molecule has 2 N–H and O–H groups in total. The van der Waals surface area contributed by atoms with E-state index in [0.29, 0.717) is 34.2 Å². The molecule has 2 heterocycles. The third-order valence-electron chi connectivity index (χ3n) is 7.10. The third-order valence-corrected chi connectivity index (χ3v) is 7.10. The summed E-state index contributed by atoms with van der Waals surface area (Å²) in [6.07, 6.45) is 11.5. The van der Waals surface area contributed by atoms with Gasteiger partial charge in [-0.25, -0.2) is 4.99 Å². The van der Waals surface area contributed by atoms with Gasteiger partial charge < -0.3 is 20.1 Å². The van der Waals surface area contributed by atoms with Crippen LogP contribution in [0.2, 0.25) is 0 Å². The highest BCUT2D eigenvalue weighted by Gasteiger charge is 2.38. The van der Waals surface area contributed by atoms with Gasteiger partial charge in [-0.3, -0.25) is 19.3 Å². The zero-order chi connectivity index (χ0) is 29.0. The van der Waals surface area contributed by atoms with Gasteiger partial charge in [0.2, 0.25) is 0 Å². The Morgan fingerprint density at radius 2 is 2.05 bits per heavy atom. The highest BCUT2D eigenvalue weighted by Crippen LogP contribution is 2.38. The number of carbonyl (C=O) groups is 3. The number of hydrogen-bond acceptors (Lipinski definition) is 7. The first kappa shape index (κ1) is 28.6. The van der Waals surface area contributed by atoms with Crippen molar-refractivity contribution in [2.24, 2.45) is 10.4 Å². The van der Waals surface area contributed by atoms with E-state index in [9.17, 15) is 14.4 Å². The van der Waals surface area contributed by atoms with E-state index in [1.54, 1.807) is 45.2 Å². The van der Waals surface area contributed by atoms with Crippen molar-refractivity contribution < 1.29 is 23.9 Å². The summed E-state index contributed by atoms with van der Waals surface area (Å²) in [6.45, 7) is 9.40. The van der Waals surface area contributed by atoms with E-state index < -0.39 is 5.91 Å². The fraction of sp³-hybridized carbons (Fsp3) is 0.355. The van der Waals surface area contributed by atoms with E-state index >= 15 is 0 Å². The van der Waals surface area contributed by atoms with Gasteiger partial charge in [0, 0.05) is 47.0 Å². The zero-order valence-electron chi connectivity index (χ0n) is 23.8. The molecule has 9 heteroatoms. The number of aldehydes is 1. The van der Waals surface area contributed by atoms with Crippen LogP contribution in [-0.4, -0.2) is 48.6 Å². The fourth-order valence-corrected chi connectivity index (χ4v) is 4.82. The molecule has 2 amide bonds. The van der Waals surface area contributed by atoms with Gasteiger partial charge in [-0.1, -0.05) is 19.1 Å². The van der Waals surface area contributed by atoms with E-state index in [-0.39, 0.29) is 36.0 Å². The summed E-state index contributed by atoms with van der Waals surface area (Å²) in [6, 6.07) is 5.01. The lowest BCUT2D eigenvalue weighted by Crippen LogP contribution is -2.36. The standard InChI is InChI=1S/C31H36N4O5/c1-7-25(40-19(2)3)28-20(4)29(37)35(30(28)38)15-11-27(34-24-17-23(39-6)9-8-21(24)18-36)33-22-10-12-31(5)13-14-32-26(31)16-22/h7-10,13-14,16-19,32H,11-12,15H2,1-6H3,(H,33,34)/b25-7+. The molecular weight excluding hydrogens is 508 g/mol. The molecule has 9 nitrogen and oxygen atoms in total. The first-order valence-electron chi connectivity index (χ1n) is 13.3. The van der Waals surface area contributed by atoms with Crippen molar-refractivity contribution in [1.82, 2.24) is 15.5 Å². The van der Waals surface area contributed by atoms with E-state index in [1.807, 2.05) is 26.1 Å². The molecule has 0 bridgehead atoms. The Morgan fingerprint density at radius 1 is 1.27 bits per heavy atom. The second kappa shape index (κ2) is 11.8. The molecule has 0 saturated heterocycles. The number of methoxy groups -OCH3 is 1. The Balaban J connectivity index is 1.62. The molecule has 1 aromatic rings. The first-order valence-corrected chi connectivity index (χ1v) is 13.3. The molecule has 0 saturated carbocycles. The van der Waals surface area contributed by atoms with Crippen molar-refractivity contribution in [3.63, 3.8) is 0 Å². The fourth-order valence-electron chi connectivity index (χ4n) is 4.82. The summed E-state index contributed by atoms with van der Waals surface area (Å²) in [7, 11) is 1.54. The predicted octanol–water partition coefficient (Wildman–Crippen LogP) is 4.83. The summed E-state index contributed by atoms with van der Waals surface area (Å²) >= 11 is 0. The number of carbonyl (C=O) groups excluding carboxylic acids is 3. The Kier molecular flexibility index (Phi) is 8.42. The molecule has 4 rings (SSSR count). The average molecular weight is 545 g/mol. The molecule has 2 aliphatic heterocycles. The number of aliphatic imine (C=N–C) groups is 1. The number of nitrogens with one attached hydrogen (secondary N) is 2. The van der Waals surface area contributed by atoms with Crippen LogP contribution < -0.4 is 15.4 Å². The molecule has 3 aliphatic rings. The van der Waals surface area contributed by atoms with E-state index in [2.05, 4.69) is 29.7 Å². The van der Waals surface area contributed by atoms with E-state index in [0.717, 1.165) is 24.1 Å². The number of nitrogens with zero attached hydrogens (tertiary/aromatic N) is 2. The van der Waals surface area contributed by atoms with Crippen molar-refractivity contribution in [3.05, 3.63) is 82.6 Å². The summed E-state index contributed by atoms with van der Waals surface area (Å²) < 4.78 is 11.1. The molecule has 0 fully saturated rings. The maximum absolute atomic E-state index is 13.4. The number of ether oxygens (including phenoxy) is 2. The topological polar surface area (TPSA) is 109 Å². The minimum atomic E-state index is -0.401. The predicted molar refractivity (Wildman–Crippen MR) is 154 cm³/mol. The summed E-state index contributed by atoms with van der Waals surface area (Å²) in [4.78, 5) is 44.3. The van der Waals surface area contributed by atoms with Crippen LogP contribution in [0.1, 0.15) is 57.8 Å². The molecule has 210 valence electrons. The lowest BCUT2D eigenvalue weighted by Gasteiger charge is -2.27. The number of amidine groups is 1. The molecule has 40 heavy (non-hydrogen) atoms. The summed E-state index contributed by atoms with van der Waals surface area (Å²) in [5.41, 5.74) is 3.24. The van der Waals surface area contributed by atoms with Crippen LogP contribution in [0, 0.1) is 5.41 Å². The van der Waals surface area contributed by atoms with Gasteiger partial charge in [-0.2, -0.15) is 0 Å². The second-order valence-electron chi connectivity index (χ2n) is 10.4. The van der Waals surface area contributed by atoms with E-state index in [4.69, 9.17) is 14.5 Å². The van der Waals surface area contributed by atoms with Crippen LogP contribution in [0.5, 0.6) is 5.75 Å². The van der Waals surface area contributed by atoms with Gasteiger partial charge in [-0.15, -0.1) is 0 Å². The number of benzene rings is 1. The minimum Gasteiger partial charge on any atom is -0.497 e. The zero-order valence-corrected chi connectivity index (χ0v) is 23.8. The van der Waals surface area contributed by atoms with Crippen LogP contribution in [0.25, 0.3) is 0 Å². The minimum absolute atomic E-state index is 0.0868. The number of hydrogen-bond donors (Lipinski definition) is 2. The van der Waals surface area contributed by atoms with Crippen molar-refractivity contribution in [3.8, 4) is 5.75 Å². The van der Waals surface area contributed by atoms with Gasteiger partial charge in [0.15, 0.2) is 6.29 Å². The average Bonchev–Trinajstić information content (AvgIpc) is 3.41. The Hall–Kier alpha value is -4.40. The van der Waals surface area contributed by atoms with Crippen LogP contribution in [0.3, 0.4) is 0 Å². The van der Waals surface area contributed by atoms with Crippen LogP contribution in [-0.2, 0) is 14.3 Å². The van der Waals surface area contributed by atoms with Crippen molar-refractivity contribution in [2.45, 2.75) is 53.6 Å². The smallest absolute Gasteiger partial charge is 0.264 e. The van der Waals surface area contributed by atoms with Crippen molar-refractivity contribution in [2.75, 3.05) is 13.7 Å². The Morgan fingerprint density at radius 3 is 2.73 bits per heavy atom. The molecule has 0 radical (unpaired) electrons. The molecule has 1 aromatic carbocycles. The number of rotatable bonds is 10. The monoisotopic (exact) mass is 544 g/mol. The molecule has 0 aromatic heterocycles. The van der Waals surface area contributed by atoms with Gasteiger partial charge >= 0.3 is 0 Å². The summed E-state index contributed by atoms with van der Waals surface area (Å²) in [5, 5.41) is 6.66. The quantitative estimate of drug-likeness (QED) is 0.143. The molecule has 0 spiro atoms. The molecule has 1 unspecified atom stereocenters. The molecule has 1 atom stereocenters. The molecule has 1 aliphatic carbocycles. The maximum Gasteiger partial charge on any atom is 0.264 e. The van der Waals surface area contributed by atoms with Crippen LogP contribution >= 0.6 is 0 Å². The van der Waals surface area contributed by atoms with Crippen molar-refractivity contribution >= 4 is 29.6 Å².